The van der Waals surface area contributed by atoms with Gasteiger partial charge in [0.05, 0.1) is 5.41 Å². The molecule has 9 aromatic carbocycles. The molecule has 12 rings (SSSR count). The van der Waals surface area contributed by atoms with Crippen molar-refractivity contribution in [2.24, 2.45) is 0 Å². The van der Waals surface area contributed by atoms with Crippen LogP contribution >= 0.6 is 0 Å². The highest BCUT2D eigenvalue weighted by molar-refractivity contribution is 6.22. The number of hydrogen-bond acceptors (Lipinski definition) is 0. The summed E-state index contributed by atoms with van der Waals surface area (Å²) in [5.41, 5.74) is 18.4. The third-order valence-corrected chi connectivity index (χ3v) is 12.8. The molecule has 0 saturated heterocycles. The van der Waals surface area contributed by atoms with Gasteiger partial charge < -0.3 is 0 Å². The molecule has 0 aromatic heterocycles. The third-order valence-electron chi connectivity index (χ3n) is 12.8. The molecular formula is C52H34. The van der Waals surface area contributed by atoms with Gasteiger partial charge in [0.2, 0.25) is 0 Å². The molecule has 1 spiro atoms. The van der Waals surface area contributed by atoms with Crippen molar-refractivity contribution in [1.29, 1.82) is 0 Å². The van der Waals surface area contributed by atoms with Crippen LogP contribution in [-0.4, -0.2) is 0 Å². The SMILES string of the molecule is CC1(C)c2ccccc2-c2ccc(-c3ccc4c(c3)C3(c5ccccc5-4)c4c(c5ccccc5c5ccccc45)-c4cccc5cccc3c45)cc21. The highest BCUT2D eigenvalue weighted by Gasteiger charge is 2.51. The van der Waals surface area contributed by atoms with Gasteiger partial charge in [-0.05, 0) is 122 Å². The van der Waals surface area contributed by atoms with Crippen LogP contribution in [0.2, 0.25) is 0 Å². The molecule has 52 heavy (non-hydrogen) atoms. The largest absolute Gasteiger partial charge is 0.0732 e. The Hall–Kier alpha value is -6.24. The zero-order valence-corrected chi connectivity index (χ0v) is 29.2. The maximum Gasteiger partial charge on any atom is 0.0732 e. The Labute approximate surface area is 303 Å². The summed E-state index contributed by atoms with van der Waals surface area (Å²) in [5.74, 6) is 0. The molecule has 0 aliphatic heterocycles. The zero-order valence-electron chi connectivity index (χ0n) is 29.2. The van der Waals surface area contributed by atoms with Crippen LogP contribution in [0.15, 0.2) is 170 Å². The molecule has 0 heteroatoms. The van der Waals surface area contributed by atoms with Crippen molar-refractivity contribution >= 4 is 32.3 Å². The topological polar surface area (TPSA) is 0 Å². The molecule has 0 amide bonds. The van der Waals surface area contributed by atoms with E-state index in [4.69, 9.17) is 0 Å². The molecule has 0 N–H and O–H groups in total. The monoisotopic (exact) mass is 658 g/mol. The van der Waals surface area contributed by atoms with Crippen molar-refractivity contribution in [1.82, 2.24) is 0 Å². The first-order valence-corrected chi connectivity index (χ1v) is 18.5. The Morgan fingerprint density at radius 2 is 0.846 bits per heavy atom. The van der Waals surface area contributed by atoms with Crippen LogP contribution in [0.5, 0.6) is 0 Å². The number of fused-ring (bicyclic) bond motifs is 17. The summed E-state index contributed by atoms with van der Waals surface area (Å²) in [6, 6.07) is 64.8. The van der Waals surface area contributed by atoms with Crippen LogP contribution in [0.3, 0.4) is 0 Å². The summed E-state index contributed by atoms with van der Waals surface area (Å²) < 4.78 is 0. The summed E-state index contributed by atoms with van der Waals surface area (Å²) >= 11 is 0. The zero-order chi connectivity index (χ0) is 34.3. The number of rotatable bonds is 1. The molecule has 242 valence electrons. The standard InChI is InChI=1S/C52H34/c1-51(2)43-22-9-7-17-36(43)38-27-25-32(29-46(38)51)33-26-28-39-37-18-8-10-23-44(37)52(47(39)30-33)45-24-12-14-31-13-11-21-42(48(31)45)49-40-19-5-3-15-34(40)35-16-4-6-20-41(35)50(49)52/h3-30H,1-2H3. The number of hydrogen-bond donors (Lipinski definition) is 0. The minimum absolute atomic E-state index is 0.0578. The van der Waals surface area contributed by atoms with Crippen molar-refractivity contribution in [3.63, 3.8) is 0 Å². The number of benzene rings is 9. The van der Waals surface area contributed by atoms with Gasteiger partial charge in [0, 0.05) is 5.41 Å². The van der Waals surface area contributed by atoms with Gasteiger partial charge in [-0.15, -0.1) is 0 Å². The fraction of sp³-hybridized carbons (Fsp3) is 0.0769. The van der Waals surface area contributed by atoms with Crippen LogP contribution in [0.25, 0.3) is 76.8 Å². The fourth-order valence-electron chi connectivity index (χ4n) is 10.7. The minimum Gasteiger partial charge on any atom is -0.0619 e. The van der Waals surface area contributed by atoms with Gasteiger partial charge in [0.25, 0.3) is 0 Å². The quantitative estimate of drug-likeness (QED) is 0.154. The van der Waals surface area contributed by atoms with E-state index in [1.807, 2.05) is 0 Å². The summed E-state index contributed by atoms with van der Waals surface area (Å²) in [6.45, 7) is 4.75. The first kappa shape index (κ1) is 28.5. The lowest BCUT2D eigenvalue weighted by Gasteiger charge is -2.41. The van der Waals surface area contributed by atoms with E-state index >= 15 is 0 Å². The van der Waals surface area contributed by atoms with Crippen LogP contribution in [0, 0.1) is 0 Å². The normalized spacial score (nSPS) is 16.9. The molecule has 0 saturated carbocycles. The predicted octanol–water partition coefficient (Wildman–Crippen LogP) is 13.5. The van der Waals surface area contributed by atoms with Crippen molar-refractivity contribution in [3.8, 4) is 44.5 Å². The average molecular weight is 659 g/mol. The Balaban J connectivity index is 1.24. The van der Waals surface area contributed by atoms with Gasteiger partial charge in [-0.1, -0.05) is 172 Å². The maximum absolute atomic E-state index is 2.55. The van der Waals surface area contributed by atoms with E-state index in [0.29, 0.717) is 0 Å². The van der Waals surface area contributed by atoms with E-state index in [9.17, 15) is 0 Å². The highest BCUT2D eigenvalue weighted by Crippen LogP contribution is 2.64. The lowest BCUT2D eigenvalue weighted by molar-refractivity contribution is 0.660. The summed E-state index contributed by atoms with van der Waals surface area (Å²) in [5, 5.41) is 7.92. The highest BCUT2D eigenvalue weighted by atomic mass is 14.5. The molecule has 3 aliphatic carbocycles. The van der Waals surface area contributed by atoms with Gasteiger partial charge >= 0.3 is 0 Å². The van der Waals surface area contributed by atoms with Gasteiger partial charge in [0.15, 0.2) is 0 Å². The van der Waals surface area contributed by atoms with Gasteiger partial charge in [-0.2, -0.15) is 0 Å². The molecule has 1 atom stereocenters. The molecule has 0 bridgehead atoms. The Morgan fingerprint density at radius 3 is 1.60 bits per heavy atom. The first-order chi connectivity index (χ1) is 25.6. The Kier molecular flexibility index (Phi) is 5.34. The fourth-order valence-corrected chi connectivity index (χ4v) is 10.7. The molecular weight excluding hydrogens is 625 g/mol. The summed E-state index contributed by atoms with van der Waals surface area (Å²) in [4.78, 5) is 0. The molecule has 0 nitrogen and oxygen atoms in total. The smallest absolute Gasteiger partial charge is 0.0619 e. The third kappa shape index (κ3) is 3.30. The predicted molar refractivity (Wildman–Crippen MR) is 218 cm³/mol. The Morgan fingerprint density at radius 1 is 0.346 bits per heavy atom. The molecule has 3 aliphatic rings. The van der Waals surface area contributed by atoms with Crippen molar-refractivity contribution in [2.45, 2.75) is 24.7 Å². The van der Waals surface area contributed by atoms with Gasteiger partial charge in [0.1, 0.15) is 0 Å². The second kappa shape index (κ2) is 9.75. The second-order valence-corrected chi connectivity index (χ2v) is 15.5. The van der Waals surface area contributed by atoms with Crippen molar-refractivity contribution in [2.75, 3.05) is 0 Å². The molecule has 0 fully saturated rings. The average Bonchev–Trinajstić information content (AvgIpc) is 3.61. The Bertz CT molecular complexity index is 3040. The van der Waals surface area contributed by atoms with Crippen molar-refractivity contribution < 1.29 is 0 Å². The van der Waals surface area contributed by atoms with Crippen molar-refractivity contribution in [3.05, 3.63) is 203 Å². The van der Waals surface area contributed by atoms with Crippen LogP contribution in [-0.2, 0) is 10.8 Å². The van der Waals surface area contributed by atoms with E-state index in [2.05, 4.69) is 184 Å². The summed E-state index contributed by atoms with van der Waals surface area (Å²) in [6.07, 6.45) is 0. The van der Waals surface area contributed by atoms with Crippen LogP contribution in [0.1, 0.15) is 47.2 Å². The van der Waals surface area contributed by atoms with E-state index < -0.39 is 5.41 Å². The molecule has 9 aromatic rings. The van der Waals surface area contributed by atoms with E-state index in [-0.39, 0.29) is 5.41 Å². The maximum atomic E-state index is 2.55. The van der Waals surface area contributed by atoms with Gasteiger partial charge in [-0.3, -0.25) is 0 Å². The first-order valence-electron chi connectivity index (χ1n) is 18.5. The molecule has 1 unspecified atom stereocenters. The lowest BCUT2D eigenvalue weighted by Crippen LogP contribution is -2.32. The van der Waals surface area contributed by atoms with Crippen LogP contribution < -0.4 is 0 Å². The lowest BCUT2D eigenvalue weighted by atomic mass is 9.59. The molecule has 0 heterocycles. The summed E-state index contributed by atoms with van der Waals surface area (Å²) in [7, 11) is 0. The second-order valence-electron chi connectivity index (χ2n) is 15.5. The van der Waals surface area contributed by atoms with Crippen LogP contribution in [0.4, 0.5) is 0 Å². The van der Waals surface area contributed by atoms with Gasteiger partial charge in [-0.25, -0.2) is 0 Å². The van der Waals surface area contributed by atoms with E-state index in [1.165, 1.54) is 110 Å². The van der Waals surface area contributed by atoms with E-state index in [1.54, 1.807) is 0 Å². The molecule has 0 radical (unpaired) electrons. The minimum atomic E-state index is -0.513. The van der Waals surface area contributed by atoms with E-state index in [0.717, 1.165) is 0 Å².